The number of thioether (sulfide) groups is 1. The van der Waals surface area contributed by atoms with E-state index in [1.54, 1.807) is 47.5 Å². The summed E-state index contributed by atoms with van der Waals surface area (Å²) >= 11 is 1.67. The van der Waals surface area contributed by atoms with Crippen LogP contribution < -0.4 is 10.9 Å². The maximum Gasteiger partial charge on any atom is 0.272 e. The number of carbonyl (C=O) groups is 1. The number of rotatable bonds is 3. The molecule has 2 heterocycles. The van der Waals surface area contributed by atoms with Gasteiger partial charge in [-0.15, -0.1) is 11.8 Å². The van der Waals surface area contributed by atoms with E-state index in [0.29, 0.717) is 28.8 Å². The van der Waals surface area contributed by atoms with Crippen LogP contribution in [0.1, 0.15) is 41.0 Å². The number of aromatic nitrogens is 2. The number of nitrogens with zero attached hydrogens (tertiary/aromatic N) is 2. The Kier molecular flexibility index (Phi) is 4.93. The number of nitrogens with one attached hydrogen (secondary N) is 1. The van der Waals surface area contributed by atoms with Gasteiger partial charge in [0.1, 0.15) is 11.5 Å². The maximum atomic E-state index is 13.7. The molecule has 0 radical (unpaired) electrons. The van der Waals surface area contributed by atoms with Gasteiger partial charge in [0.2, 0.25) is 0 Å². The topological polar surface area (TPSA) is 64.0 Å². The normalized spacial score (nSPS) is 16.0. The van der Waals surface area contributed by atoms with Gasteiger partial charge in [-0.1, -0.05) is 0 Å². The first-order valence-corrected chi connectivity index (χ1v) is 10.2. The van der Waals surface area contributed by atoms with Crippen LogP contribution in [-0.4, -0.2) is 21.2 Å². The van der Waals surface area contributed by atoms with Crippen LogP contribution in [0, 0.1) is 12.7 Å². The van der Waals surface area contributed by atoms with Gasteiger partial charge in [0.25, 0.3) is 11.5 Å². The maximum absolute atomic E-state index is 13.7. The van der Waals surface area contributed by atoms with Gasteiger partial charge in [-0.05, 0) is 62.2 Å². The summed E-state index contributed by atoms with van der Waals surface area (Å²) in [7, 11) is 0. The first-order valence-electron chi connectivity index (χ1n) is 9.22. The van der Waals surface area contributed by atoms with Crippen molar-refractivity contribution in [3.05, 3.63) is 69.4 Å². The monoisotopic (exact) mass is 397 g/mol. The molecule has 0 bridgehead atoms. The fourth-order valence-corrected chi connectivity index (χ4v) is 4.69. The molecule has 0 saturated carbocycles. The summed E-state index contributed by atoms with van der Waals surface area (Å²) in [5.41, 5.74) is 2.88. The van der Waals surface area contributed by atoms with Crippen molar-refractivity contribution in [2.45, 2.75) is 37.8 Å². The molecule has 1 N–H and O–H groups in total. The SMILES string of the molecule is CCn1c(=O)c(C)nc2cc(C(=O)NC3CCSc4ccc(F)cc43)ccc21. The number of amides is 1. The summed E-state index contributed by atoms with van der Waals surface area (Å²) in [6.07, 6.45) is 0.743. The van der Waals surface area contributed by atoms with Gasteiger partial charge in [0.15, 0.2) is 0 Å². The van der Waals surface area contributed by atoms with Crippen LogP contribution >= 0.6 is 11.8 Å². The molecule has 1 atom stereocenters. The minimum atomic E-state index is -0.302. The molecular formula is C21H20FN3O2S. The molecule has 4 rings (SSSR count). The van der Waals surface area contributed by atoms with E-state index in [0.717, 1.165) is 22.6 Å². The smallest absolute Gasteiger partial charge is 0.272 e. The van der Waals surface area contributed by atoms with Crippen molar-refractivity contribution in [3.8, 4) is 0 Å². The van der Waals surface area contributed by atoms with Gasteiger partial charge in [-0.2, -0.15) is 0 Å². The van der Waals surface area contributed by atoms with E-state index >= 15 is 0 Å². The highest BCUT2D eigenvalue weighted by Crippen LogP contribution is 2.36. The van der Waals surface area contributed by atoms with Crippen LogP contribution in [0.4, 0.5) is 4.39 Å². The third kappa shape index (κ3) is 3.30. The Morgan fingerprint density at radius 2 is 2.14 bits per heavy atom. The van der Waals surface area contributed by atoms with Crippen molar-refractivity contribution in [2.24, 2.45) is 0 Å². The van der Waals surface area contributed by atoms with Gasteiger partial charge < -0.3 is 9.88 Å². The van der Waals surface area contributed by atoms with Gasteiger partial charge in [-0.3, -0.25) is 9.59 Å². The molecule has 7 heteroatoms. The Morgan fingerprint density at radius 1 is 1.32 bits per heavy atom. The molecule has 0 spiro atoms. The molecule has 0 fully saturated rings. The fourth-order valence-electron chi connectivity index (χ4n) is 3.59. The number of halogens is 1. The predicted octanol–water partition coefficient (Wildman–Crippen LogP) is 3.83. The number of aryl methyl sites for hydroxylation is 2. The number of carbonyl (C=O) groups excluding carboxylic acids is 1. The standard InChI is InChI=1S/C21H20FN3O2S/c1-3-25-18-6-4-13(10-17(18)23-12(2)21(25)27)20(26)24-16-8-9-28-19-7-5-14(22)11-15(16)19/h4-7,10-11,16H,3,8-9H2,1-2H3,(H,24,26). The van der Waals surface area contributed by atoms with Crippen molar-refractivity contribution < 1.29 is 9.18 Å². The van der Waals surface area contributed by atoms with E-state index in [4.69, 9.17) is 0 Å². The molecule has 1 unspecified atom stereocenters. The summed E-state index contributed by atoms with van der Waals surface area (Å²) in [4.78, 5) is 30.4. The predicted molar refractivity (Wildman–Crippen MR) is 108 cm³/mol. The Bertz CT molecular complexity index is 1140. The minimum absolute atomic E-state index is 0.120. The van der Waals surface area contributed by atoms with Gasteiger partial charge in [-0.25, -0.2) is 9.37 Å². The van der Waals surface area contributed by atoms with Crippen LogP contribution in [0.2, 0.25) is 0 Å². The molecule has 0 saturated heterocycles. The van der Waals surface area contributed by atoms with Gasteiger partial charge in [0.05, 0.1) is 17.1 Å². The average Bonchev–Trinajstić information content (AvgIpc) is 2.69. The highest BCUT2D eigenvalue weighted by Gasteiger charge is 2.23. The molecule has 1 aliphatic heterocycles. The molecule has 3 aromatic rings. The second-order valence-electron chi connectivity index (χ2n) is 6.80. The van der Waals surface area contributed by atoms with E-state index in [1.165, 1.54) is 12.1 Å². The van der Waals surface area contributed by atoms with Gasteiger partial charge in [0, 0.05) is 22.8 Å². The second kappa shape index (κ2) is 7.39. The van der Waals surface area contributed by atoms with Crippen molar-refractivity contribution in [2.75, 3.05) is 5.75 Å². The van der Waals surface area contributed by atoms with Crippen LogP contribution in [0.15, 0.2) is 46.1 Å². The highest BCUT2D eigenvalue weighted by molar-refractivity contribution is 7.99. The zero-order valence-electron chi connectivity index (χ0n) is 15.7. The molecule has 2 aromatic carbocycles. The Labute approximate surface area is 166 Å². The molecule has 1 amide bonds. The van der Waals surface area contributed by atoms with Gasteiger partial charge >= 0.3 is 0 Å². The van der Waals surface area contributed by atoms with E-state index in [2.05, 4.69) is 10.3 Å². The first kappa shape index (κ1) is 18.7. The molecule has 1 aliphatic rings. The van der Waals surface area contributed by atoms with Crippen molar-refractivity contribution in [1.29, 1.82) is 0 Å². The molecular weight excluding hydrogens is 377 g/mol. The second-order valence-corrected chi connectivity index (χ2v) is 7.93. The molecule has 28 heavy (non-hydrogen) atoms. The van der Waals surface area contributed by atoms with Crippen molar-refractivity contribution in [3.63, 3.8) is 0 Å². The quantitative estimate of drug-likeness (QED) is 0.730. The zero-order valence-corrected chi connectivity index (χ0v) is 16.5. The third-order valence-electron chi connectivity index (χ3n) is 5.00. The van der Waals surface area contributed by atoms with E-state index < -0.39 is 0 Å². The molecule has 5 nitrogen and oxygen atoms in total. The van der Waals surface area contributed by atoms with Crippen LogP contribution in [-0.2, 0) is 6.54 Å². The largest absolute Gasteiger partial charge is 0.345 e. The van der Waals surface area contributed by atoms with E-state index in [1.807, 2.05) is 6.92 Å². The average molecular weight is 397 g/mol. The lowest BCUT2D eigenvalue weighted by molar-refractivity contribution is 0.0935. The first-order chi connectivity index (χ1) is 13.5. The molecule has 1 aromatic heterocycles. The van der Waals surface area contributed by atoms with Crippen molar-refractivity contribution in [1.82, 2.24) is 14.9 Å². The Balaban J connectivity index is 1.66. The lowest BCUT2D eigenvalue weighted by atomic mass is 10.0. The van der Waals surface area contributed by atoms with E-state index in [-0.39, 0.29) is 23.3 Å². The van der Waals surface area contributed by atoms with Crippen LogP contribution in [0.5, 0.6) is 0 Å². The number of fused-ring (bicyclic) bond motifs is 2. The number of hydrogen-bond acceptors (Lipinski definition) is 4. The summed E-state index contributed by atoms with van der Waals surface area (Å²) in [6, 6.07) is 9.64. The minimum Gasteiger partial charge on any atom is -0.345 e. The van der Waals surface area contributed by atoms with Crippen LogP contribution in [0.25, 0.3) is 11.0 Å². The van der Waals surface area contributed by atoms with Crippen molar-refractivity contribution >= 4 is 28.7 Å². The summed E-state index contributed by atoms with van der Waals surface area (Å²) < 4.78 is 15.3. The molecule has 0 aliphatic carbocycles. The fraction of sp³-hybridized carbons (Fsp3) is 0.286. The third-order valence-corrected chi connectivity index (χ3v) is 6.13. The van der Waals surface area contributed by atoms with E-state index in [9.17, 15) is 14.0 Å². The molecule has 144 valence electrons. The summed E-state index contributed by atoms with van der Waals surface area (Å²) in [6.45, 7) is 4.11. The highest BCUT2D eigenvalue weighted by atomic mass is 32.2. The number of benzene rings is 2. The summed E-state index contributed by atoms with van der Waals surface area (Å²) in [5, 5.41) is 3.02. The Morgan fingerprint density at radius 3 is 2.93 bits per heavy atom. The Hall–Kier alpha value is -2.67. The van der Waals surface area contributed by atoms with Crippen LogP contribution in [0.3, 0.4) is 0 Å². The summed E-state index contributed by atoms with van der Waals surface area (Å²) in [5.74, 6) is 0.330. The lowest BCUT2D eigenvalue weighted by Gasteiger charge is -2.26. The lowest BCUT2D eigenvalue weighted by Crippen LogP contribution is -2.31. The number of hydrogen-bond donors (Lipinski definition) is 1. The zero-order chi connectivity index (χ0) is 19.8.